The average Bonchev–Trinajstić information content (AvgIpc) is 2.84. The quantitative estimate of drug-likeness (QED) is 0.371. The van der Waals surface area contributed by atoms with E-state index >= 15 is 0 Å². The van der Waals surface area contributed by atoms with E-state index in [1.807, 2.05) is 49.3 Å². The number of aromatic hydroxyl groups is 1. The molecule has 0 spiro atoms. The predicted molar refractivity (Wildman–Crippen MR) is 144 cm³/mol. The summed E-state index contributed by atoms with van der Waals surface area (Å²) in [5.74, 6) is -1.99. The summed E-state index contributed by atoms with van der Waals surface area (Å²) in [6, 6.07) is 9.88. The van der Waals surface area contributed by atoms with Crippen molar-refractivity contribution < 1.29 is 29.7 Å². The van der Waals surface area contributed by atoms with Crippen LogP contribution in [0.3, 0.4) is 0 Å². The highest BCUT2D eigenvalue weighted by Crippen LogP contribution is 2.45. The highest BCUT2D eigenvalue weighted by atomic mass is 16.3. The van der Waals surface area contributed by atoms with Crippen molar-refractivity contribution >= 4 is 23.0 Å². The van der Waals surface area contributed by atoms with Crippen molar-refractivity contribution in [2.45, 2.75) is 52.4 Å². The van der Waals surface area contributed by atoms with Crippen molar-refractivity contribution in [3.8, 4) is 16.9 Å². The molecule has 0 heterocycles. The Hall–Kier alpha value is -3.03. The summed E-state index contributed by atoms with van der Waals surface area (Å²) in [4.78, 5) is 39.6. The van der Waals surface area contributed by atoms with E-state index in [0.717, 1.165) is 28.8 Å². The number of anilines is 1. The van der Waals surface area contributed by atoms with Crippen molar-refractivity contribution in [2.75, 3.05) is 32.2 Å². The number of nitrogens with zero attached hydrogens (tertiary/aromatic N) is 1. The number of ketones is 3. The van der Waals surface area contributed by atoms with Gasteiger partial charge in [0.05, 0.1) is 18.6 Å². The van der Waals surface area contributed by atoms with Gasteiger partial charge in [0.15, 0.2) is 5.78 Å². The summed E-state index contributed by atoms with van der Waals surface area (Å²) in [6.45, 7) is 2.85. The van der Waals surface area contributed by atoms with Crippen molar-refractivity contribution in [1.82, 2.24) is 0 Å². The molecule has 0 saturated heterocycles. The Kier molecular flexibility index (Phi) is 9.62. The first-order chi connectivity index (χ1) is 17.6. The van der Waals surface area contributed by atoms with Crippen LogP contribution < -0.4 is 4.90 Å². The third-order valence-electron chi connectivity index (χ3n) is 7.50. The van der Waals surface area contributed by atoms with Crippen molar-refractivity contribution in [3.05, 3.63) is 47.0 Å². The number of hydrogen-bond donors (Lipinski definition) is 3. The Bertz CT molecular complexity index is 1160. The SMILES string of the molecule is CCc1cccc(-c2cc(N(C)C)c3c(c2O)C(=O)CC(CC(CCO)C(CO)C(=O)CC(C)=O)C3)c1. The smallest absolute Gasteiger partial charge is 0.167 e. The molecule has 0 aliphatic heterocycles. The summed E-state index contributed by atoms with van der Waals surface area (Å²) in [7, 11) is 3.81. The summed E-state index contributed by atoms with van der Waals surface area (Å²) in [5.41, 5.74) is 4.60. The number of fused-ring (bicyclic) bond motifs is 1. The molecule has 3 N–H and O–H groups in total. The zero-order valence-electron chi connectivity index (χ0n) is 22.3. The molecule has 7 nitrogen and oxygen atoms in total. The maximum atomic E-state index is 13.5. The number of aliphatic hydroxyl groups excluding tert-OH is 2. The van der Waals surface area contributed by atoms with Gasteiger partial charge in [-0.15, -0.1) is 0 Å². The van der Waals surface area contributed by atoms with Gasteiger partial charge in [-0.25, -0.2) is 0 Å². The number of Topliss-reactive ketones (excluding diaryl/α,β-unsaturated/α-hetero) is 3. The van der Waals surface area contributed by atoms with Crippen LogP contribution in [0.2, 0.25) is 0 Å². The third kappa shape index (κ3) is 6.46. The Balaban J connectivity index is 1.98. The van der Waals surface area contributed by atoms with E-state index in [4.69, 9.17) is 0 Å². The van der Waals surface area contributed by atoms with Gasteiger partial charge in [-0.2, -0.15) is 0 Å². The van der Waals surface area contributed by atoms with Gasteiger partial charge in [0, 0.05) is 44.3 Å². The number of hydrogen-bond acceptors (Lipinski definition) is 7. The predicted octanol–water partition coefficient (Wildman–Crippen LogP) is 3.98. The van der Waals surface area contributed by atoms with Gasteiger partial charge in [0.25, 0.3) is 0 Å². The minimum atomic E-state index is -0.762. The molecule has 37 heavy (non-hydrogen) atoms. The van der Waals surface area contributed by atoms with E-state index < -0.39 is 12.5 Å². The summed E-state index contributed by atoms with van der Waals surface area (Å²) in [5, 5.41) is 30.9. The van der Waals surface area contributed by atoms with E-state index in [0.29, 0.717) is 30.4 Å². The first kappa shape index (κ1) is 28.5. The largest absolute Gasteiger partial charge is 0.507 e. The van der Waals surface area contributed by atoms with Gasteiger partial charge in [0.2, 0.25) is 0 Å². The molecule has 0 bridgehead atoms. The number of aryl methyl sites for hydroxylation is 1. The molecule has 1 aliphatic rings. The summed E-state index contributed by atoms with van der Waals surface area (Å²) < 4.78 is 0. The van der Waals surface area contributed by atoms with Crippen molar-refractivity contribution in [2.24, 2.45) is 17.8 Å². The van der Waals surface area contributed by atoms with E-state index in [9.17, 15) is 29.7 Å². The Morgan fingerprint density at radius 1 is 1.14 bits per heavy atom. The molecule has 0 saturated carbocycles. The average molecular weight is 510 g/mol. The van der Waals surface area contributed by atoms with Crippen LogP contribution in [0.15, 0.2) is 30.3 Å². The number of phenolic OH excluding ortho intramolecular Hbond substituents is 1. The van der Waals surface area contributed by atoms with Crippen molar-refractivity contribution in [1.29, 1.82) is 0 Å². The first-order valence-corrected chi connectivity index (χ1v) is 13.0. The van der Waals surface area contributed by atoms with Gasteiger partial charge < -0.3 is 20.2 Å². The Labute approximate surface area is 219 Å². The minimum absolute atomic E-state index is 0.00548. The molecular weight excluding hydrogens is 470 g/mol. The number of aliphatic hydroxyl groups is 2. The molecule has 0 aromatic heterocycles. The van der Waals surface area contributed by atoms with Crippen LogP contribution in [-0.2, 0) is 22.4 Å². The monoisotopic (exact) mass is 509 g/mol. The number of benzene rings is 2. The molecule has 2 aromatic rings. The number of phenols is 1. The third-order valence-corrected chi connectivity index (χ3v) is 7.50. The highest BCUT2D eigenvalue weighted by molar-refractivity contribution is 6.05. The molecule has 0 fully saturated rings. The lowest BCUT2D eigenvalue weighted by Crippen LogP contribution is -2.33. The second-order valence-electron chi connectivity index (χ2n) is 10.4. The molecule has 0 amide bonds. The number of carbonyl (C=O) groups is 3. The number of carbonyl (C=O) groups excluding carboxylic acids is 3. The van der Waals surface area contributed by atoms with Gasteiger partial charge in [0.1, 0.15) is 17.3 Å². The molecule has 2 aromatic carbocycles. The van der Waals surface area contributed by atoms with Crippen LogP contribution in [0.25, 0.3) is 11.1 Å². The van der Waals surface area contributed by atoms with Crippen molar-refractivity contribution in [3.63, 3.8) is 0 Å². The van der Waals surface area contributed by atoms with Crippen LogP contribution in [0.5, 0.6) is 5.75 Å². The van der Waals surface area contributed by atoms with Crippen LogP contribution in [0.1, 0.15) is 61.0 Å². The fraction of sp³-hybridized carbons (Fsp3) is 0.500. The zero-order chi connectivity index (χ0) is 27.3. The zero-order valence-corrected chi connectivity index (χ0v) is 22.3. The fourth-order valence-electron chi connectivity index (χ4n) is 5.64. The molecule has 3 rings (SSSR count). The summed E-state index contributed by atoms with van der Waals surface area (Å²) in [6.07, 6.45) is 2.09. The maximum Gasteiger partial charge on any atom is 0.167 e. The standard InChI is InChI=1S/C30H39NO6/c1-5-19-7-6-8-21(12-19)23-16-26(31(3)4)24-14-20(15-28(36)29(24)30(23)37)13-22(9-10-32)25(17-33)27(35)11-18(2)34/h6-8,12,16,20,22,25,32-33,37H,5,9-11,13-15,17H2,1-4H3. The van der Waals surface area contributed by atoms with Gasteiger partial charge >= 0.3 is 0 Å². The van der Waals surface area contributed by atoms with E-state index in [1.165, 1.54) is 6.92 Å². The Morgan fingerprint density at radius 3 is 2.46 bits per heavy atom. The van der Waals surface area contributed by atoms with E-state index in [-0.39, 0.29) is 54.4 Å². The van der Waals surface area contributed by atoms with E-state index in [2.05, 4.69) is 6.92 Å². The molecule has 7 heteroatoms. The normalized spacial score (nSPS) is 16.7. The van der Waals surface area contributed by atoms with Crippen LogP contribution in [0.4, 0.5) is 5.69 Å². The molecular formula is C30H39NO6. The lowest BCUT2D eigenvalue weighted by Gasteiger charge is -2.33. The highest BCUT2D eigenvalue weighted by Gasteiger charge is 2.36. The van der Waals surface area contributed by atoms with Gasteiger partial charge in [-0.05, 0) is 67.2 Å². The molecule has 3 atom stereocenters. The lowest BCUT2D eigenvalue weighted by atomic mass is 9.73. The molecule has 0 radical (unpaired) electrons. The second-order valence-corrected chi connectivity index (χ2v) is 10.4. The van der Waals surface area contributed by atoms with Crippen LogP contribution in [0, 0.1) is 17.8 Å². The fourth-order valence-corrected chi connectivity index (χ4v) is 5.64. The molecule has 3 unspecified atom stereocenters. The van der Waals surface area contributed by atoms with E-state index in [1.54, 1.807) is 0 Å². The minimum Gasteiger partial charge on any atom is -0.507 e. The second kappa shape index (κ2) is 12.5. The summed E-state index contributed by atoms with van der Waals surface area (Å²) >= 11 is 0. The number of rotatable bonds is 12. The Morgan fingerprint density at radius 2 is 1.86 bits per heavy atom. The van der Waals surface area contributed by atoms with Crippen LogP contribution >= 0.6 is 0 Å². The van der Waals surface area contributed by atoms with Gasteiger partial charge in [-0.3, -0.25) is 14.4 Å². The lowest BCUT2D eigenvalue weighted by molar-refractivity contribution is -0.131. The van der Waals surface area contributed by atoms with Crippen LogP contribution in [-0.4, -0.2) is 60.0 Å². The first-order valence-electron chi connectivity index (χ1n) is 13.0. The molecule has 1 aliphatic carbocycles. The maximum absolute atomic E-state index is 13.5. The topological polar surface area (TPSA) is 115 Å². The molecule has 200 valence electrons. The van der Waals surface area contributed by atoms with Gasteiger partial charge in [-0.1, -0.05) is 31.2 Å².